The maximum absolute atomic E-state index is 13.6. The van der Waals surface area contributed by atoms with Crippen molar-refractivity contribution in [2.45, 2.75) is 19.9 Å². The second kappa shape index (κ2) is 6.49. The Labute approximate surface area is 121 Å². The van der Waals surface area contributed by atoms with Gasteiger partial charge in [-0.15, -0.1) is 0 Å². The highest BCUT2D eigenvalue weighted by molar-refractivity contribution is 5.93. The normalized spacial score (nSPS) is 13.7. The molecule has 2 unspecified atom stereocenters. The van der Waals surface area contributed by atoms with E-state index in [4.69, 9.17) is 9.63 Å². The van der Waals surface area contributed by atoms with Gasteiger partial charge in [-0.2, -0.15) is 0 Å². The molecule has 0 radical (unpaired) electrons. The van der Waals surface area contributed by atoms with Crippen molar-refractivity contribution in [1.29, 1.82) is 0 Å². The van der Waals surface area contributed by atoms with Gasteiger partial charge in [-0.1, -0.05) is 24.2 Å². The van der Waals surface area contributed by atoms with Gasteiger partial charge in [0.25, 0.3) is 5.91 Å². The van der Waals surface area contributed by atoms with E-state index in [1.54, 1.807) is 25.1 Å². The second-order valence-corrected chi connectivity index (χ2v) is 4.98. The number of aliphatic hydroxyl groups is 1. The number of aliphatic hydroxyl groups excluding tert-OH is 1. The first kappa shape index (κ1) is 15.2. The van der Waals surface area contributed by atoms with Crippen LogP contribution in [-0.4, -0.2) is 28.8 Å². The minimum Gasteiger partial charge on any atom is -0.396 e. The van der Waals surface area contributed by atoms with Gasteiger partial charge >= 0.3 is 0 Å². The number of amides is 1. The fraction of sp³-hybridized carbons (Fsp3) is 0.333. The number of hydrogen-bond donors (Lipinski definition) is 2. The molecule has 2 aromatic rings. The molecule has 2 rings (SSSR count). The van der Waals surface area contributed by atoms with Crippen LogP contribution in [0.1, 0.15) is 24.3 Å². The zero-order valence-corrected chi connectivity index (χ0v) is 11.8. The molecule has 112 valence electrons. The SMILES string of the molecule is CC(CO)C(C)NC(=O)c1cc(-c2ccccc2F)on1. The van der Waals surface area contributed by atoms with Gasteiger partial charge in [-0.25, -0.2) is 4.39 Å². The molecule has 5 nitrogen and oxygen atoms in total. The summed E-state index contributed by atoms with van der Waals surface area (Å²) in [5.41, 5.74) is 0.325. The van der Waals surface area contributed by atoms with Crippen LogP contribution in [-0.2, 0) is 0 Å². The van der Waals surface area contributed by atoms with Crippen molar-refractivity contribution in [3.05, 3.63) is 41.8 Å². The molecule has 0 aliphatic carbocycles. The first-order chi connectivity index (χ1) is 10.0. The van der Waals surface area contributed by atoms with Gasteiger partial charge in [0.15, 0.2) is 11.5 Å². The molecule has 21 heavy (non-hydrogen) atoms. The molecule has 6 heteroatoms. The van der Waals surface area contributed by atoms with E-state index in [2.05, 4.69) is 10.5 Å². The van der Waals surface area contributed by atoms with Crippen LogP contribution in [0, 0.1) is 11.7 Å². The van der Waals surface area contributed by atoms with E-state index in [-0.39, 0.29) is 35.6 Å². The van der Waals surface area contributed by atoms with E-state index >= 15 is 0 Å². The number of nitrogens with one attached hydrogen (secondary N) is 1. The monoisotopic (exact) mass is 292 g/mol. The molecule has 0 aliphatic heterocycles. The minimum atomic E-state index is -0.442. The Morgan fingerprint density at radius 3 is 2.81 bits per heavy atom. The number of benzene rings is 1. The van der Waals surface area contributed by atoms with Crippen molar-refractivity contribution in [3.8, 4) is 11.3 Å². The summed E-state index contributed by atoms with van der Waals surface area (Å²) < 4.78 is 18.7. The van der Waals surface area contributed by atoms with Crippen molar-refractivity contribution >= 4 is 5.91 Å². The Hall–Kier alpha value is -2.21. The molecular formula is C15H17FN2O3. The fourth-order valence-electron chi connectivity index (χ4n) is 1.75. The first-order valence-corrected chi connectivity index (χ1v) is 6.66. The number of nitrogens with zero attached hydrogens (tertiary/aromatic N) is 1. The summed E-state index contributed by atoms with van der Waals surface area (Å²) in [5, 5.41) is 15.4. The molecule has 1 aromatic carbocycles. The molecule has 0 aliphatic rings. The highest BCUT2D eigenvalue weighted by Gasteiger charge is 2.19. The number of rotatable bonds is 5. The Balaban J connectivity index is 2.13. The van der Waals surface area contributed by atoms with Crippen LogP contribution in [0.4, 0.5) is 4.39 Å². The van der Waals surface area contributed by atoms with E-state index in [1.807, 2.05) is 6.92 Å². The fourth-order valence-corrected chi connectivity index (χ4v) is 1.75. The minimum absolute atomic E-state index is 0.0270. The van der Waals surface area contributed by atoms with Crippen LogP contribution in [0.2, 0.25) is 0 Å². The summed E-state index contributed by atoms with van der Waals surface area (Å²) in [6.07, 6.45) is 0. The van der Waals surface area contributed by atoms with Crippen LogP contribution in [0.3, 0.4) is 0 Å². The third-order valence-corrected chi connectivity index (χ3v) is 3.38. The average Bonchev–Trinajstić information content (AvgIpc) is 2.96. The van der Waals surface area contributed by atoms with E-state index in [0.29, 0.717) is 0 Å². The quantitative estimate of drug-likeness (QED) is 0.886. The van der Waals surface area contributed by atoms with Gasteiger partial charge in [0, 0.05) is 18.7 Å². The molecule has 2 N–H and O–H groups in total. The lowest BCUT2D eigenvalue weighted by Crippen LogP contribution is -2.38. The van der Waals surface area contributed by atoms with Crippen molar-refractivity contribution in [3.63, 3.8) is 0 Å². The van der Waals surface area contributed by atoms with Crippen molar-refractivity contribution in [2.24, 2.45) is 5.92 Å². The number of aromatic nitrogens is 1. The molecule has 2 atom stereocenters. The molecule has 0 bridgehead atoms. The maximum Gasteiger partial charge on any atom is 0.273 e. The first-order valence-electron chi connectivity index (χ1n) is 6.66. The number of halogens is 1. The smallest absolute Gasteiger partial charge is 0.273 e. The molecular weight excluding hydrogens is 275 g/mol. The molecule has 1 amide bonds. The summed E-state index contributed by atoms with van der Waals surface area (Å²) in [4.78, 5) is 12.0. The molecule has 1 aromatic heterocycles. The van der Waals surface area contributed by atoms with Gasteiger partial charge in [0.05, 0.1) is 5.56 Å². The largest absolute Gasteiger partial charge is 0.396 e. The van der Waals surface area contributed by atoms with E-state index in [1.165, 1.54) is 12.1 Å². The van der Waals surface area contributed by atoms with Crippen LogP contribution in [0.5, 0.6) is 0 Å². The van der Waals surface area contributed by atoms with Crippen LogP contribution in [0.25, 0.3) is 11.3 Å². The standard InChI is InChI=1S/C15H17FN2O3/c1-9(8-19)10(2)17-15(20)13-7-14(21-18-13)11-5-3-4-6-12(11)16/h3-7,9-10,19H,8H2,1-2H3,(H,17,20). The molecule has 0 saturated carbocycles. The van der Waals surface area contributed by atoms with Crippen molar-refractivity contribution < 1.29 is 18.8 Å². The lowest BCUT2D eigenvalue weighted by molar-refractivity contribution is 0.0907. The van der Waals surface area contributed by atoms with Crippen LogP contribution >= 0.6 is 0 Å². The molecule has 0 spiro atoms. The predicted octanol–water partition coefficient (Wildman–Crippen LogP) is 2.23. The van der Waals surface area contributed by atoms with Crippen molar-refractivity contribution in [1.82, 2.24) is 10.5 Å². The summed E-state index contributed by atoms with van der Waals surface area (Å²) in [7, 11) is 0. The summed E-state index contributed by atoms with van der Waals surface area (Å²) >= 11 is 0. The van der Waals surface area contributed by atoms with Gasteiger partial charge in [-0.3, -0.25) is 4.79 Å². The molecule has 1 heterocycles. The highest BCUT2D eigenvalue weighted by Crippen LogP contribution is 2.23. The maximum atomic E-state index is 13.6. The summed E-state index contributed by atoms with van der Waals surface area (Å²) in [6.45, 7) is 3.58. The number of carbonyl (C=O) groups excluding carboxylic acids is 1. The predicted molar refractivity (Wildman–Crippen MR) is 75.1 cm³/mol. The zero-order valence-electron chi connectivity index (χ0n) is 11.8. The third-order valence-electron chi connectivity index (χ3n) is 3.38. The second-order valence-electron chi connectivity index (χ2n) is 4.98. The lowest BCUT2D eigenvalue weighted by Gasteiger charge is -2.18. The van der Waals surface area contributed by atoms with Gasteiger partial charge in [0.1, 0.15) is 5.82 Å². The van der Waals surface area contributed by atoms with E-state index in [0.717, 1.165) is 0 Å². The molecule has 0 fully saturated rings. The van der Waals surface area contributed by atoms with Crippen molar-refractivity contribution in [2.75, 3.05) is 6.61 Å². The highest BCUT2D eigenvalue weighted by atomic mass is 19.1. The Kier molecular flexibility index (Phi) is 4.70. The number of hydrogen-bond acceptors (Lipinski definition) is 4. The van der Waals surface area contributed by atoms with E-state index < -0.39 is 11.7 Å². The third kappa shape index (κ3) is 3.46. The van der Waals surface area contributed by atoms with Gasteiger partial charge in [-0.05, 0) is 25.0 Å². The van der Waals surface area contributed by atoms with Crippen LogP contribution < -0.4 is 5.32 Å². The number of carbonyl (C=O) groups is 1. The Bertz CT molecular complexity index is 627. The average molecular weight is 292 g/mol. The summed E-state index contributed by atoms with van der Waals surface area (Å²) in [5.74, 6) is -0.745. The van der Waals surface area contributed by atoms with E-state index in [9.17, 15) is 9.18 Å². The van der Waals surface area contributed by atoms with Gasteiger partial charge < -0.3 is 14.9 Å². The van der Waals surface area contributed by atoms with Gasteiger partial charge in [0.2, 0.25) is 0 Å². The molecule has 0 saturated heterocycles. The topological polar surface area (TPSA) is 75.4 Å². The Morgan fingerprint density at radius 2 is 2.14 bits per heavy atom. The van der Waals surface area contributed by atoms with Crippen LogP contribution in [0.15, 0.2) is 34.9 Å². The zero-order chi connectivity index (χ0) is 15.4. The summed E-state index contributed by atoms with van der Waals surface area (Å²) in [6, 6.07) is 7.28. The Morgan fingerprint density at radius 1 is 1.43 bits per heavy atom. The lowest BCUT2D eigenvalue weighted by atomic mass is 10.1.